The van der Waals surface area contributed by atoms with Crippen LogP contribution in [-0.4, -0.2) is 23.3 Å². The molecule has 94 valence electrons. The molecule has 0 aliphatic heterocycles. The van der Waals surface area contributed by atoms with Gasteiger partial charge in [-0.1, -0.05) is 0 Å². The SMILES string of the molecule is CC(C)(O)CCOC(=O)c1ccc(N)cc1F. The van der Waals surface area contributed by atoms with Crippen molar-refractivity contribution in [1.29, 1.82) is 0 Å². The van der Waals surface area contributed by atoms with Crippen LogP contribution in [0.15, 0.2) is 18.2 Å². The molecule has 17 heavy (non-hydrogen) atoms. The maximum atomic E-state index is 13.3. The number of carbonyl (C=O) groups excluding carboxylic acids is 1. The van der Waals surface area contributed by atoms with E-state index in [4.69, 9.17) is 10.5 Å². The fourth-order valence-corrected chi connectivity index (χ4v) is 1.17. The number of hydrogen-bond acceptors (Lipinski definition) is 4. The zero-order valence-corrected chi connectivity index (χ0v) is 9.87. The Morgan fingerprint density at radius 1 is 1.53 bits per heavy atom. The standard InChI is InChI=1S/C12H16FNO3/c1-12(2,16)5-6-17-11(15)9-4-3-8(14)7-10(9)13/h3-4,7,16H,5-6,14H2,1-2H3. The summed E-state index contributed by atoms with van der Waals surface area (Å²) >= 11 is 0. The summed E-state index contributed by atoms with van der Waals surface area (Å²) in [7, 11) is 0. The van der Waals surface area contributed by atoms with Crippen molar-refractivity contribution in [2.45, 2.75) is 25.9 Å². The van der Waals surface area contributed by atoms with Gasteiger partial charge in [0.05, 0.1) is 17.8 Å². The number of esters is 1. The summed E-state index contributed by atoms with van der Waals surface area (Å²) in [5, 5.41) is 9.41. The summed E-state index contributed by atoms with van der Waals surface area (Å²) in [5.74, 6) is -1.47. The number of rotatable bonds is 4. The normalized spacial score (nSPS) is 11.3. The average molecular weight is 241 g/mol. The highest BCUT2D eigenvalue weighted by Crippen LogP contribution is 2.14. The van der Waals surface area contributed by atoms with E-state index < -0.39 is 17.4 Å². The van der Waals surface area contributed by atoms with Crippen LogP contribution in [0.2, 0.25) is 0 Å². The van der Waals surface area contributed by atoms with Crippen LogP contribution in [0.3, 0.4) is 0 Å². The zero-order valence-electron chi connectivity index (χ0n) is 9.87. The van der Waals surface area contributed by atoms with Crippen LogP contribution in [0, 0.1) is 5.82 Å². The highest BCUT2D eigenvalue weighted by atomic mass is 19.1. The number of ether oxygens (including phenoxy) is 1. The van der Waals surface area contributed by atoms with Gasteiger partial charge in [0.25, 0.3) is 0 Å². The van der Waals surface area contributed by atoms with E-state index in [0.29, 0.717) is 0 Å². The highest BCUT2D eigenvalue weighted by Gasteiger charge is 2.16. The van der Waals surface area contributed by atoms with Crippen molar-refractivity contribution in [1.82, 2.24) is 0 Å². The van der Waals surface area contributed by atoms with Gasteiger partial charge in [-0.15, -0.1) is 0 Å². The molecule has 0 radical (unpaired) electrons. The molecule has 0 aliphatic rings. The summed E-state index contributed by atoms with van der Waals surface area (Å²) in [6.45, 7) is 3.24. The minimum absolute atomic E-state index is 0.0339. The lowest BCUT2D eigenvalue weighted by atomic mass is 10.1. The third kappa shape index (κ3) is 4.40. The molecule has 0 saturated heterocycles. The number of benzene rings is 1. The van der Waals surface area contributed by atoms with Crippen LogP contribution in [-0.2, 0) is 4.74 Å². The number of hydrogen-bond donors (Lipinski definition) is 2. The first kappa shape index (κ1) is 13.4. The summed E-state index contributed by atoms with van der Waals surface area (Å²) in [6.07, 6.45) is 0.287. The second-order valence-corrected chi connectivity index (χ2v) is 4.44. The topological polar surface area (TPSA) is 72.5 Å². The molecular formula is C12H16FNO3. The third-order valence-electron chi connectivity index (χ3n) is 2.16. The monoisotopic (exact) mass is 241 g/mol. The van der Waals surface area contributed by atoms with Gasteiger partial charge in [-0.3, -0.25) is 0 Å². The number of halogens is 1. The van der Waals surface area contributed by atoms with Crippen LogP contribution in [0.4, 0.5) is 10.1 Å². The molecule has 0 spiro atoms. The van der Waals surface area contributed by atoms with Gasteiger partial charge in [0.2, 0.25) is 0 Å². The molecule has 0 aliphatic carbocycles. The van der Waals surface area contributed by atoms with E-state index in [1.54, 1.807) is 13.8 Å². The first-order valence-electron chi connectivity index (χ1n) is 5.24. The first-order valence-corrected chi connectivity index (χ1v) is 5.24. The van der Waals surface area contributed by atoms with Crippen molar-refractivity contribution in [2.24, 2.45) is 0 Å². The summed E-state index contributed by atoms with van der Waals surface area (Å²) in [6, 6.07) is 3.76. The van der Waals surface area contributed by atoms with Crippen molar-refractivity contribution < 1.29 is 19.0 Å². The Bertz CT molecular complexity index is 413. The molecule has 0 saturated carbocycles. The van der Waals surface area contributed by atoms with Gasteiger partial charge in [0, 0.05) is 12.1 Å². The Morgan fingerprint density at radius 2 is 2.18 bits per heavy atom. The van der Waals surface area contributed by atoms with Crippen molar-refractivity contribution in [3.05, 3.63) is 29.6 Å². The van der Waals surface area contributed by atoms with Crippen molar-refractivity contribution in [3.63, 3.8) is 0 Å². The van der Waals surface area contributed by atoms with E-state index in [1.807, 2.05) is 0 Å². The largest absolute Gasteiger partial charge is 0.462 e. The molecule has 0 bridgehead atoms. The Morgan fingerprint density at radius 3 is 2.71 bits per heavy atom. The first-order chi connectivity index (χ1) is 7.79. The maximum absolute atomic E-state index is 13.3. The van der Waals surface area contributed by atoms with Gasteiger partial charge in [0.1, 0.15) is 5.82 Å². The molecule has 4 nitrogen and oxygen atoms in total. The molecule has 3 N–H and O–H groups in total. The highest BCUT2D eigenvalue weighted by molar-refractivity contribution is 5.90. The lowest BCUT2D eigenvalue weighted by Gasteiger charge is -2.16. The lowest BCUT2D eigenvalue weighted by Crippen LogP contribution is -2.22. The number of nitrogen functional groups attached to an aromatic ring is 1. The van der Waals surface area contributed by atoms with Crippen molar-refractivity contribution in [3.8, 4) is 0 Å². The number of aliphatic hydroxyl groups is 1. The molecule has 0 unspecified atom stereocenters. The second kappa shape index (κ2) is 5.14. The van der Waals surface area contributed by atoms with E-state index >= 15 is 0 Å². The molecule has 0 amide bonds. The van der Waals surface area contributed by atoms with E-state index in [1.165, 1.54) is 12.1 Å². The van der Waals surface area contributed by atoms with Crippen molar-refractivity contribution >= 4 is 11.7 Å². The fourth-order valence-electron chi connectivity index (χ4n) is 1.17. The van der Waals surface area contributed by atoms with Crippen LogP contribution in [0.1, 0.15) is 30.6 Å². The molecule has 0 heterocycles. The van der Waals surface area contributed by atoms with Crippen molar-refractivity contribution in [2.75, 3.05) is 12.3 Å². The van der Waals surface area contributed by atoms with Gasteiger partial charge >= 0.3 is 5.97 Å². The molecule has 5 heteroatoms. The van der Waals surface area contributed by atoms with Crippen LogP contribution < -0.4 is 5.73 Å². The lowest BCUT2D eigenvalue weighted by molar-refractivity contribution is 0.0241. The molecule has 1 rings (SSSR count). The van der Waals surface area contributed by atoms with Gasteiger partial charge in [-0.05, 0) is 32.0 Å². The maximum Gasteiger partial charge on any atom is 0.341 e. The molecule has 0 fully saturated rings. The fraction of sp³-hybridized carbons (Fsp3) is 0.417. The number of carbonyl (C=O) groups is 1. The average Bonchev–Trinajstić information content (AvgIpc) is 2.15. The van der Waals surface area contributed by atoms with E-state index in [2.05, 4.69) is 0 Å². The third-order valence-corrected chi connectivity index (χ3v) is 2.16. The second-order valence-electron chi connectivity index (χ2n) is 4.44. The quantitative estimate of drug-likeness (QED) is 0.622. The van der Waals surface area contributed by atoms with E-state index in [0.717, 1.165) is 6.07 Å². The zero-order chi connectivity index (χ0) is 13.1. The number of anilines is 1. The van der Waals surface area contributed by atoms with Gasteiger partial charge in [-0.2, -0.15) is 0 Å². The molecule has 1 aromatic carbocycles. The summed E-state index contributed by atoms with van der Waals surface area (Å²) in [5.41, 5.74) is 4.53. The molecule has 0 aromatic heterocycles. The summed E-state index contributed by atoms with van der Waals surface area (Å²) in [4.78, 5) is 11.5. The van der Waals surface area contributed by atoms with Crippen LogP contribution in [0.25, 0.3) is 0 Å². The predicted molar refractivity (Wildman–Crippen MR) is 62.0 cm³/mol. The Balaban J connectivity index is 2.59. The Labute approximate surface area is 99.2 Å². The van der Waals surface area contributed by atoms with Crippen LogP contribution >= 0.6 is 0 Å². The minimum Gasteiger partial charge on any atom is -0.462 e. The molecular weight excluding hydrogens is 225 g/mol. The summed E-state index contributed by atoms with van der Waals surface area (Å²) < 4.78 is 18.2. The number of nitrogens with two attached hydrogens (primary N) is 1. The van der Waals surface area contributed by atoms with Gasteiger partial charge < -0.3 is 15.6 Å². The van der Waals surface area contributed by atoms with E-state index in [9.17, 15) is 14.3 Å². The molecule has 1 aromatic rings. The Kier molecular flexibility index (Phi) is 4.07. The van der Waals surface area contributed by atoms with Gasteiger partial charge in [0.15, 0.2) is 0 Å². The van der Waals surface area contributed by atoms with Gasteiger partial charge in [-0.25, -0.2) is 9.18 Å². The Hall–Kier alpha value is -1.62. The smallest absolute Gasteiger partial charge is 0.341 e. The van der Waals surface area contributed by atoms with E-state index in [-0.39, 0.29) is 24.3 Å². The molecule has 0 atom stereocenters. The predicted octanol–water partition coefficient (Wildman–Crippen LogP) is 1.73. The van der Waals surface area contributed by atoms with Crippen LogP contribution in [0.5, 0.6) is 0 Å². The minimum atomic E-state index is -0.917.